The smallest absolute Gasteiger partial charge is 0.262 e. The van der Waals surface area contributed by atoms with Gasteiger partial charge >= 0.3 is 0 Å². The van der Waals surface area contributed by atoms with E-state index in [9.17, 15) is 9.59 Å². The molecule has 0 aliphatic heterocycles. The SMILES string of the molecule is CCCN(CCC)C(=O)c1cccc(NC(=O)COc2cc(C)c(Cl)c(C)c2)c1. The average Bonchev–Trinajstić information content (AvgIpc) is 2.70. The van der Waals surface area contributed by atoms with Crippen LogP contribution in [-0.2, 0) is 4.79 Å². The van der Waals surface area contributed by atoms with Crippen molar-refractivity contribution in [2.24, 2.45) is 0 Å². The molecule has 156 valence electrons. The van der Waals surface area contributed by atoms with E-state index >= 15 is 0 Å². The fraction of sp³-hybridized carbons (Fsp3) is 0.391. The number of aryl methyl sites for hydroxylation is 2. The number of benzene rings is 2. The van der Waals surface area contributed by atoms with Crippen LogP contribution in [0.15, 0.2) is 36.4 Å². The van der Waals surface area contributed by atoms with Crippen molar-refractivity contribution < 1.29 is 14.3 Å². The molecule has 5 nitrogen and oxygen atoms in total. The van der Waals surface area contributed by atoms with Crippen molar-refractivity contribution in [2.75, 3.05) is 25.0 Å². The number of carbonyl (C=O) groups is 2. The Balaban J connectivity index is 2.00. The molecular formula is C23H29ClN2O3. The summed E-state index contributed by atoms with van der Waals surface area (Å²) in [7, 11) is 0. The number of amides is 2. The van der Waals surface area contributed by atoms with Crippen LogP contribution in [-0.4, -0.2) is 36.4 Å². The van der Waals surface area contributed by atoms with Crippen LogP contribution < -0.4 is 10.1 Å². The predicted molar refractivity (Wildman–Crippen MR) is 118 cm³/mol. The van der Waals surface area contributed by atoms with Gasteiger partial charge in [0.1, 0.15) is 5.75 Å². The molecule has 0 unspecified atom stereocenters. The predicted octanol–water partition coefficient (Wildman–Crippen LogP) is 5.24. The molecule has 29 heavy (non-hydrogen) atoms. The molecule has 0 saturated carbocycles. The van der Waals surface area contributed by atoms with Gasteiger partial charge in [-0.25, -0.2) is 0 Å². The summed E-state index contributed by atoms with van der Waals surface area (Å²) in [4.78, 5) is 26.9. The highest BCUT2D eigenvalue weighted by Gasteiger charge is 2.15. The Morgan fingerprint density at radius 3 is 2.24 bits per heavy atom. The minimum atomic E-state index is -0.293. The van der Waals surface area contributed by atoms with Crippen LogP contribution in [0, 0.1) is 13.8 Å². The van der Waals surface area contributed by atoms with E-state index in [1.165, 1.54) is 0 Å². The van der Waals surface area contributed by atoms with Crippen molar-refractivity contribution in [3.05, 3.63) is 58.1 Å². The highest BCUT2D eigenvalue weighted by Crippen LogP contribution is 2.25. The van der Waals surface area contributed by atoms with Crippen LogP contribution >= 0.6 is 11.6 Å². The van der Waals surface area contributed by atoms with Gasteiger partial charge in [0.2, 0.25) is 0 Å². The molecule has 0 fully saturated rings. The second-order valence-electron chi connectivity index (χ2n) is 7.08. The topological polar surface area (TPSA) is 58.6 Å². The molecule has 0 bridgehead atoms. The third kappa shape index (κ3) is 6.50. The summed E-state index contributed by atoms with van der Waals surface area (Å²) < 4.78 is 5.59. The van der Waals surface area contributed by atoms with Crippen molar-refractivity contribution >= 4 is 29.1 Å². The highest BCUT2D eigenvalue weighted by atomic mass is 35.5. The van der Waals surface area contributed by atoms with Crippen LogP contribution in [0.4, 0.5) is 5.69 Å². The lowest BCUT2D eigenvalue weighted by Gasteiger charge is -2.21. The number of nitrogens with zero attached hydrogens (tertiary/aromatic N) is 1. The Bertz CT molecular complexity index is 838. The minimum absolute atomic E-state index is 0.0202. The number of ether oxygens (including phenoxy) is 1. The van der Waals surface area contributed by atoms with E-state index in [0.29, 0.717) is 22.0 Å². The first-order valence-corrected chi connectivity index (χ1v) is 10.3. The molecule has 2 aromatic carbocycles. The summed E-state index contributed by atoms with van der Waals surface area (Å²) in [6, 6.07) is 10.6. The van der Waals surface area contributed by atoms with E-state index in [0.717, 1.165) is 37.1 Å². The van der Waals surface area contributed by atoms with Gasteiger partial charge in [0, 0.05) is 29.4 Å². The Hall–Kier alpha value is -2.53. The van der Waals surface area contributed by atoms with E-state index in [4.69, 9.17) is 16.3 Å². The molecular weight excluding hydrogens is 388 g/mol. The van der Waals surface area contributed by atoms with Crippen LogP contribution in [0.2, 0.25) is 5.02 Å². The fourth-order valence-corrected chi connectivity index (χ4v) is 3.21. The minimum Gasteiger partial charge on any atom is -0.484 e. The monoisotopic (exact) mass is 416 g/mol. The number of hydrogen-bond donors (Lipinski definition) is 1. The number of carbonyl (C=O) groups excluding carboxylic acids is 2. The number of rotatable bonds is 9. The number of nitrogens with one attached hydrogen (secondary N) is 1. The van der Waals surface area contributed by atoms with Crippen LogP contribution in [0.3, 0.4) is 0 Å². The van der Waals surface area contributed by atoms with Gasteiger partial charge in [0.05, 0.1) is 0 Å². The van der Waals surface area contributed by atoms with Crippen LogP contribution in [0.5, 0.6) is 5.75 Å². The lowest BCUT2D eigenvalue weighted by molar-refractivity contribution is -0.118. The second kappa shape index (κ2) is 10.9. The zero-order valence-electron chi connectivity index (χ0n) is 17.5. The molecule has 0 saturated heterocycles. The first-order chi connectivity index (χ1) is 13.8. The Morgan fingerprint density at radius 2 is 1.66 bits per heavy atom. The lowest BCUT2D eigenvalue weighted by Crippen LogP contribution is -2.32. The maximum Gasteiger partial charge on any atom is 0.262 e. The molecule has 0 aliphatic rings. The highest BCUT2D eigenvalue weighted by molar-refractivity contribution is 6.32. The van der Waals surface area contributed by atoms with Crippen molar-refractivity contribution in [3.63, 3.8) is 0 Å². The van der Waals surface area contributed by atoms with Gasteiger partial charge in [-0.1, -0.05) is 31.5 Å². The third-order valence-corrected chi connectivity index (χ3v) is 5.04. The molecule has 6 heteroatoms. The van der Waals surface area contributed by atoms with Gasteiger partial charge in [0.15, 0.2) is 6.61 Å². The average molecular weight is 417 g/mol. The molecule has 2 amide bonds. The maximum absolute atomic E-state index is 12.7. The summed E-state index contributed by atoms with van der Waals surface area (Å²) in [6.07, 6.45) is 1.81. The van der Waals surface area contributed by atoms with Crippen molar-refractivity contribution in [2.45, 2.75) is 40.5 Å². The van der Waals surface area contributed by atoms with E-state index in [1.54, 1.807) is 36.4 Å². The summed E-state index contributed by atoms with van der Waals surface area (Å²) >= 11 is 6.16. The fourth-order valence-electron chi connectivity index (χ4n) is 3.10. The Kier molecular flexibility index (Phi) is 8.52. The zero-order chi connectivity index (χ0) is 21.4. The Labute approximate surface area is 178 Å². The normalized spacial score (nSPS) is 10.5. The zero-order valence-corrected chi connectivity index (χ0v) is 18.3. The first-order valence-electron chi connectivity index (χ1n) is 9.94. The molecule has 1 N–H and O–H groups in total. The Morgan fingerprint density at radius 1 is 1.03 bits per heavy atom. The van der Waals surface area contributed by atoms with E-state index in [2.05, 4.69) is 19.2 Å². The van der Waals surface area contributed by atoms with Crippen molar-refractivity contribution in [1.82, 2.24) is 4.90 Å². The molecule has 2 aromatic rings. The maximum atomic E-state index is 12.7. The van der Waals surface area contributed by atoms with E-state index in [1.807, 2.05) is 18.7 Å². The molecule has 0 aromatic heterocycles. The third-order valence-electron chi connectivity index (χ3n) is 4.45. The number of hydrogen-bond acceptors (Lipinski definition) is 3. The van der Waals surface area contributed by atoms with Crippen molar-refractivity contribution in [3.8, 4) is 5.75 Å². The van der Waals surface area contributed by atoms with Gasteiger partial charge in [-0.3, -0.25) is 9.59 Å². The molecule has 0 radical (unpaired) electrons. The molecule has 0 spiro atoms. The van der Waals surface area contributed by atoms with Gasteiger partial charge in [-0.15, -0.1) is 0 Å². The van der Waals surface area contributed by atoms with Gasteiger partial charge in [0.25, 0.3) is 11.8 Å². The second-order valence-corrected chi connectivity index (χ2v) is 7.46. The molecule has 0 atom stereocenters. The number of halogens is 1. The molecule has 0 aliphatic carbocycles. The van der Waals surface area contributed by atoms with E-state index < -0.39 is 0 Å². The summed E-state index contributed by atoms with van der Waals surface area (Å²) in [5.74, 6) is 0.283. The van der Waals surface area contributed by atoms with E-state index in [-0.39, 0.29) is 18.4 Å². The largest absolute Gasteiger partial charge is 0.484 e. The first kappa shape index (κ1) is 22.8. The standard InChI is InChI=1S/C23H29ClN2O3/c1-5-10-26(11-6-2)23(28)18-8-7-9-19(14-18)25-21(27)15-29-20-12-16(3)22(24)17(4)13-20/h7-9,12-14H,5-6,10-11,15H2,1-4H3,(H,25,27). The summed E-state index contributed by atoms with van der Waals surface area (Å²) in [5, 5.41) is 3.49. The molecule has 0 heterocycles. The summed E-state index contributed by atoms with van der Waals surface area (Å²) in [6.45, 7) is 9.20. The quantitative estimate of drug-likeness (QED) is 0.608. The van der Waals surface area contributed by atoms with Crippen molar-refractivity contribution in [1.29, 1.82) is 0 Å². The van der Waals surface area contributed by atoms with Gasteiger partial charge < -0.3 is 15.0 Å². The van der Waals surface area contributed by atoms with Crippen LogP contribution in [0.25, 0.3) is 0 Å². The van der Waals surface area contributed by atoms with Gasteiger partial charge in [-0.2, -0.15) is 0 Å². The van der Waals surface area contributed by atoms with Crippen LogP contribution in [0.1, 0.15) is 48.2 Å². The number of anilines is 1. The summed E-state index contributed by atoms with van der Waals surface area (Å²) in [5.41, 5.74) is 2.93. The molecule has 2 rings (SSSR count). The lowest BCUT2D eigenvalue weighted by atomic mass is 10.1. The van der Waals surface area contributed by atoms with Gasteiger partial charge in [-0.05, 0) is 68.1 Å².